The molecule has 0 saturated carbocycles. The van der Waals surface area contributed by atoms with Crippen LogP contribution in [0.3, 0.4) is 0 Å². The van der Waals surface area contributed by atoms with Gasteiger partial charge < -0.3 is 4.90 Å². The van der Waals surface area contributed by atoms with E-state index in [1.165, 1.54) is 12.8 Å². The van der Waals surface area contributed by atoms with Crippen molar-refractivity contribution in [3.8, 4) is 0 Å². The second-order valence-corrected chi connectivity index (χ2v) is 5.96. The van der Waals surface area contributed by atoms with Gasteiger partial charge in [0.25, 0.3) is 5.91 Å². The molecule has 0 bridgehead atoms. The van der Waals surface area contributed by atoms with Gasteiger partial charge in [0.2, 0.25) is 0 Å². The highest BCUT2D eigenvalue weighted by Gasteiger charge is 2.25. The first-order valence-electron chi connectivity index (χ1n) is 6.21. The molecule has 2 heterocycles. The number of aromatic nitrogens is 1. The standard InChI is InChI=1S/C13H16BrClN2O/c1-9-5-3-2-4-6-17(9)13(18)11-7-10(14)8-16-12(11)15/h7-9H,2-6H2,1H3. The van der Waals surface area contributed by atoms with Crippen molar-refractivity contribution in [2.45, 2.75) is 38.6 Å². The van der Waals surface area contributed by atoms with Crippen LogP contribution >= 0.6 is 27.5 Å². The minimum Gasteiger partial charge on any atom is -0.336 e. The van der Waals surface area contributed by atoms with Gasteiger partial charge >= 0.3 is 0 Å². The molecule has 0 aromatic carbocycles. The van der Waals surface area contributed by atoms with Crippen LogP contribution in [0.4, 0.5) is 0 Å². The quantitative estimate of drug-likeness (QED) is 0.731. The molecule has 0 N–H and O–H groups in total. The predicted octanol–water partition coefficient (Wildman–Crippen LogP) is 3.90. The largest absolute Gasteiger partial charge is 0.336 e. The van der Waals surface area contributed by atoms with Crippen LogP contribution in [0.2, 0.25) is 5.15 Å². The van der Waals surface area contributed by atoms with Gasteiger partial charge in [-0.3, -0.25) is 4.79 Å². The molecule has 1 aromatic heterocycles. The van der Waals surface area contributed by atoms with Crippen LogP contribution < -0.4 is 0 Å². The van der Waals surface area contributed by atoms with E-state index in [9.17, 15) is 4.79 Å². The van der Waals surface area contributed by atoms with E-state index in [1.807, 2.05) is 4.90 Å². The molecule has 98 valence electrons. The van der Waals surface area contributed by atoms with E-state index in [0.717, 1.165) is 23.9 Å². The predicted molar refractivity (Wildman–Crippen MR) is 75.9 cm³/mol. The van der Waals surface area contributed by atoms with E-state index in [-0.39, 0.29) is 17.1 Å². The number of amides is 1. The molecule has 2 rings (SSSR count). The van der Waals surface area contributed by atoms with Gasteiger partial charge in [-0.15, -0.1) is 0 Å². The average Bonchev–Trinajstić information content (AvgIpc) is 2.56. The maximum Gasteiger partial charge on any atom is 0.257 e. The fraction of sp³-hybridized carbons (Fsp3) is 0.538. The van der Waals surface area contributed by atoms with Gasteiger partial charge in [-0.25, -0.2) is 4.98 Å². The number of rotatable bonds is 1. The molecule has 1 aromatic rings. The third kappa shape index (κ3) is 3.04. The van der Waals surface area contributed by atoms with Crippen LogP contribution in [0.25, 0.3) is 0 Å². The lowest BCUT2D eigenvalue weighted by molar-refractivity contribution is 0.0697. The number of likely N-dealkylation sites (tertiary alicyclic amines) is 1. The Morgan fingerprint density at radius 2 is 2.28 bits per heavy atom. The summed E-state index contributed by atoms with van der Waals surface area (Å²) in [6.45, 7) is 2.91. The highest BCUT2D eigenvalue weighted by Crippen LogP contribution is 2.23. The molecule has 1 fully saturated rings. The van der Waals surface area contributed by atoms with Crippen molar-refractivity contribution in [1.29, 1.82) is 0 Å². The Bertz CT molecular complexity index is 453. The fourth-order valence-electron chi connectivity index (χ4n) is 2.30. The number of halogens is 2. The molecule has 0 spiro atoms. The molecule has 3 nitrogen and oxygen atoms in total. The molecule has 1 unspecified atom stereocenters. The second-order valence-electron chi connectivity index (χ2n) is 4.69. The van der Waals surface area contributed by atoms with Gasteiger partial charge in [-0.2, -0.15) is 0 Å². The number of carbonyl (C=O) groups is 1. The zero-order chi connectivity index (χ0) is 13.1. The molecule has 1 aliphatic rings. The van der Waals surface area contributed by atoms with Crippen molar-refractivity contribution < 1.29 is 4.79 Å². The molecule has 1 atom stereocenters. The summed E-state index contributed by atoms with van der Waals surface area (Å²) in [5.74, 6) is -0.0109. The molecule has 1 aliphatic heterocycles. The van der Waals surface area contributed by atoms with Gasteiger partial charge in [0.15, 0.2) is 0 Å². The summed E-state index contributed by atoms with van der Waals surface area (Å²) in [4.78, 5) is 18.4. The van der Waals surface area contributed by atoms with Crippen LogP contribution in [-0.2, 0) is 0 Å². The normalized spacial score (nSPS) is 20.6. The van der Waals surface area contributed by atoms with Gasteiger partial charge in [0.05, 0.1) is 5.56 Å². The third-order valence-corrected chi connectivity index (χ3v) is 4.08. The monoisotopic (exact) mass is 330 g/mol. The third-order valence-electron chi connectivity index (χ3n) is 3.35. The molecular weight excluding hydrogens is 316 g/mol. The molecule has 5 heteroatoms. The number of nitrogens with zero attached hydrogens (tertiary/aromatic N) is 2. The van der Waals surface area contributed by atoms with Gasteiger partial charge in [0, 0.05) is 23.3 Å². The summed E-state index contributed by atoms with van der Waals surface area (Å²) in [5.41, 5.74) is 0.486. The Hall–Kier alpha value is -0.610. The van der Waals surface area contributed by atoms with E-state index in [2.05, 4.69) is 27.8 Å². The highest BCUT2D eigenvalue weighted by molar-refractivity contribution is 9.10. The van der Waals surface area contributed by atoms with Crippen LogP contribution in [0.1, 0.15) is 43.0 Å². The zero-order valence-electron chi connectivity index (χ0n) is 10.3. The summed E-state index contributed by atoms with van der Waals surface area (Å²) in [5, 5.41) is 0.277. The number of pyridine rings is 1. The Balaban J connectivity index is 2.26. The van der Waals surface area contributed by atoms with Gasteiger partial charge in [-0.1, -0.05) is 24.4 Å². The summed E-state index contributed by atoms with van der Waals surface area (Å²) < 4.78 is 0.776. The first-order chi connectivity index (χ1) is 8.59. The SMILES string of the molecule is CC1CCCCCN1C(=O)c1cc(Br)cnc1Cl. The van der Waals surface area contributed by atoms with E-state index >= 15 is 0 Å². The summed E-state index contributed by atoms with van der Waals surface area (Å²) in [6.07, 6.45) is 6.11. The summed E-state index contributed by atoms with van der Waals surface area (Å²) >= 11 is 9.35. The lowest BCUT2D eigenvalue weighted by atomic mass is 10.1. The fourth-order valence-corrected chi connectivity index (χ4v) is 2.82. The van der Waals surface area contributed by atoms with Crippen LogP contribution in [0.5, 0.6) is 0 Å². The van der Waals surface area contributed by atoms with E-state index in [0.29, 0.717) is 5.56 Å². The lowest BCUT2D eigenvalue weighted by Gasteiger charge is -2.27. The zero-order valence-corrected chi connectivity index (χ0v) is 12.7. The van der Waals surface area contributed by atoms with Crippen LogP contribution in [-0.4, -0.2) is 28.4 Å². The minimum atomic E-state index is -0.0109. The number of hydrogen-bond donors (Lipinski definition) is 0. The topological polar surface area (TPSA) is 33.2 Å². The number of carbonyl (C=O) groups excluding carboxylic acids is 1. The summed E-state index contributed by atoms with van der Waals surface area (Å²) in [6, 6.07) is 2.02. The van der Waals surface area contributed by atoms with Crippen molar-refractivity contribution in [1.82, 2.24) is 9.88 Å². The molecule has 1 saturated heterocycles. The minimum absolute atomic E-state index is 0.0109. The van der Waals surface area contributed by atoms with Gasteiger partial charge in [0.1, 0.15) is 5.15 Å². The average molecular weight is 332 g/mol. The lowest BCUT2D eigenvalue weighted by Crippen LogP contribution is -2.38. The molecule has 0 radical (unpaired) electrons. The van der Waals surface area contributed by atoms with Crippen LogP contribution in [0, 0.1) is 0 Å². The van der Waals surface area contributed by atoms with E-state index < -0.39 is 0 Å². The molecule has 1 amide bonds. The Morgan fingerprint density at radius 3 is 3.06 bits per heavy atom. The van der Waals surface area contributed by atoms with Crippen molar-refractivity contribution in [3.05, 3.63) is 27.5 Å². The maximum absolute atomic E-state index is 12.5. The van der Waals surface area contributed by atoms with Crippen molar-refractivity contribution in [3.63, 3.8) is 0 Å². The Morgan fingerprint density at radius 1 is 1.50 bits per heavy atom. The first-order valence-corrected chi connectivity index (χ1v) is 7.38. The van der Waals surface area contributed by atoms with Gasteiger partial charge in [-0.05, 0) is 41.8 Å². The summed E-state index contributed by atoms with van der Waals surface area (Å²) in [7, 11) is 0. The second kappa shape index (κ2) is 6.02. The first kappa shape index (κ1) is 13.8. The Kier molecular flexibility index (Phi) is 4.62. The van der Waals surface area contributed by atoms with Crippen molar-refractivity contribution in [2.75, 3.05) is 6.54 Å². The van der Waals surface area contributed by atoms with E-state index in [1.54, 1.807) is 12.3 Å². The van der Waals surface area contributed by atoms with Crippen molar-refractivity contribution >= 4 is 33.4 Å². The molecular formula is C13H16BrClN2O. The Labute approximate surface area is 121 Å². The highest BCUT2D eigenvalue weighted by atomic mass is 79.9. The maximum atomic E-state index is 12.5. The number of hydrogen-bond acceptors (Lipinski definition) is 2. The smallest absolute Gasteiger partial charge is 0.257 e. The van der Waals surface area contributed by atoms with E-state index in [4.69, 9.17) is 11.6 Å². The van der Waals surface area contributed by atoms with Crippen molar-refractivity contribution in [2.24, 2.45) is 0 Å². The molecule has 0 aliphatic carbocycles. The van der Waals surface area contributed by atoms with Crippen LogP contribution in [0.15, 0.2) is 16.7 Å². The molecule has 18 heavy (non-hydrogen) atoms.